The highest BCUT2D eigenvalue weighted by Crippen LogP contribution is 2.40. The molecule has 4 heteroatoms. The molecule has 0 spiro atoms. The molecule has 0 saturated heterocycles. The van der Waals surface area contributed by atoms with E-state index in [-0.39, 0.29) is 0 Å². The zero-order chi connectivity index (χ0) is 37.3. The second kappa shape index (κ2) is 12.8. The smallest absolute Gasteiger partial charge is 0.0723 e. The highest BCUT2D eigenvalue weighted by atomic mass is 15.0. The zero-order valence-corrected chi connectivity index (χ0v) is 31.4. The van der Waals surface area contributed by atoms with Gasteiger partial charge in [-0.2, -0.15) is 0 Å². The third-order valence-corrected chi connectivity index (χ3v) is 11.7. The molecule has 11 aromatic rings. The molecule has 0 amide bonds. The van der Waals surface area contributed by atoms with Crippen LogP contribution in [0.2, 0.25) is 0 Å². The van der Waals surface area contributed by atoms with Gasteiger partial charge in [0.25, 0.3) is 0 Å². The van der Waals surface area contributed by atoms with Crippen LogP contribution in [0.3, 0.4) is 0 Å². The number of benzene rings is 7. The van der Waals surface area contributed by atoms with Gasteiger partial charge in [0.15, 0.2) is 0 Å². The molecule has 4 nitrogen and oxygen atoms in total. The number of hydrogen-bond donors (Lipinski definition) is 0. The van der Waals surface area contributed by atoms with Gasteiger partial charge in [-0.05, 0) is 96.8 Å². The Kier molecular flexibility index (Phi) is 7.39. The van der Waals surface area contributed by atoms with Crippen molar-refractivity contribution >= 4 is 65.4 Å². The Morgan fingerprint density at radius 1 is 0.339 bits per heavy atom. The fourth-order valence-electron chi connectivity index (χ4n) is 9.06. The maximum absolute atomic E-state index is 5.45. The number of para-hydroxylation sites is 2. The van der Waals surface area contributed by atoms with Crippen LogP contribution in [0, 0.1) is 0 Å². The van der Waals surface area contributed by atoms with E-state index < -0.39 is 0 Å². The van der Waals surface area contributed by atoms with Crippen LogP contribution < -0.4 is 0 Å². The van der Waals surface area contributed by atoms with Crippen molar-refractivity contribution in [2.24, 2.45) is 0 Å². The lowest BCUT2D eigenvalue weighted by Gasteiger charge is -2.15. The summed E-state index contributed by atoms with van der Waals surface area (Å²) < 4.78 is 4.80. The maximum atomic E-state index is 5.45. The van der Waals surface area contributed by atoms with E-state index in [1.54, 1.807) is 0 Å². The Balaban J connectivity index is 1.16. The van der Waals surface area contributed by atoms with Gasteiger partial charge in [0.05, 0.1) is 22.4 Å². The number of nitrogens with zero attached hydrogens (tertiary/aromatic N) is 4. The number of aryl methyl sites for hydroxylation is 2. The summed E-state index contributed by atoms with van der Waals surface area (Å²) in [6, 6.07) is 61.5. The summed E-state index contributed by atoms with van der Waals surface area (Å²) in [4.78, 5) is 10.9. The molecule has 7 aromatic carbocycles. The van der Waals surface area contributed by atoms with Gasteiger partial charge in [0, 0.05) is 78.6 Å². The molecule has 0 fully saturated rings. The number of aromatic nitrogens is 4. The predicted octanol–water partition coefficient (Wildman–Crippen LogP) is 13.7. The summed E-state index contributed by atoms with van der Waals surface area (Å²) in [6.45, 7) is 6.27. The van der Waals surface area contributed by atoms with E-state index in [4.69, 9.17) is 9.97 Å². The largest absolute Gasteiger partial charge is 0.341 e. The molecule has 0 aliphatic rings. The molecule has 0 N–H and O–H groups in total. The van der Waals surface area contributed by atoms with Crippen molar-refractivity contribution in [1.82, 2.24) is 19.1 Å². The fraction of sp³-hybridized carbons (Fsp3) is 0.0769. The van der Waals surface area contributed by atoms with Gasteiger partial charge < -0.3 is 9.13 Å². The van der Waals surface area contributed by atoms with E-state index >= 15 is 0 Å². The average molecular weight is 719 g/mol. The van der Waals surface area contributed by atoms with Crippen LogP contribution in [0.15, 0.2) is 170 Å². The molecule has 4 heterocycles. The van der Waals surface area contributed by atoms with Crippen LogP contribution in [0.25, 0.3) is 110 Å². The minimum atomic E-state index is 0.917. The van der Waals surface area contributed by atoms with Gasteiger partial charge in [-0.15, -0.1) is 0 Å². The first-order valence-electron chi connectivity index (χ1n) is 19.6. The van der Waals surface area contributed by atoms with Crippen molar-refractivity contribution in [2.45, 2.75) is 26.9 Å². The van der Waals surface area contributed by atoms with E-state index in [9.17, 15) is 0 Å². The Bertz CT molecular complexity index is 3090. The number of fused-ring (bicyclic) bond motifs is 8. The van der Waals surface area contributed by atoms with E-state index in [1.165, 1.54) is 43.6 Å². The Labute approximate surface area is 324 Å². The third-order valence-electron chi connectivity index (χ3n) is 11.7. The van der Waals surface area contributed by atoms with E-state index in [1.807, 2.05) is 0 Å². The molecule has 11 rings (SSSR count). The zero-order valence-electron chi connectivity index (χ0n) is 31.4. The molecule has 0 aliphatic heterocycles. The fourth-order valence-corrected chi connectivity index (χ4v) is 9.06. The van der Waals surface area contributed by atoms with Crippen molar-refractivity contribution < 1.29 is 0 Å². The second-order valence-corrected chi connectivity index (χ2v) is 14.7. The average Bonchev–Trinajstić information content (AvgIpc) is 3.76. The van der Waals surface area contributed by atoms with Crippen LogP contribution >= 0.6 is 0 Å². The Hall–Kier alpha value is -7.04. The SMILES string of the molecule is CCn1c2ccccc2c2cc(-c3cc(-c4ccccc4)c4cc5nc(-c6ccc7c(c6)c6ccccc6n7CC)cc(-c6ccccc6)c5cc4n3)ccc21. The van der Waals surface area contributed by atoms with E-state index in [0.717, 1.165) is 79.7 Å². The summed E-state index contributed by atoms with van der Waals surface area (Å²) in [5.74, 6) is 0. The van der Waals surface area contributed by atoms with Crippen molar-refractivity contribution in [1.29, 1.82) is 0 Å². The lowest BCUT2D eigenvalue weighted by Crippen LogP contribution is -1.95. The van der Waals surface area contributed by atoms with Crippen LogP contribution in [-0.4, -0.2) is 19.1 Å². The minimum Gasteiger partial charge on any atom is -0.341 e. The van der Waals surface area contributed by atoms with Crippen molar-refractivity contribution in [3.05, 3.63) is 170 Å². The highest BCUT2D eigenvalue weighted by molar-refractivity contribution is 6.12. The van der Waals surface area contributed by atoms with Gasteiger partial charge in [-0.1, -0.05) is 109 Å². The molecule has 0 saturated carbocycles. The first-order chi connectivity index (χ1) is 27.7. The second-order valence-electron chi connectivity index (χ2n) is 14.7. The monoisotopic (exact) mass is 718 g/mol. The minimum absolute atomic E-state index is 0.917. The van der Waals surface area contributed by atoms with Gasteiger partial charge >= 0.3 is 0 Å². The van der Waals surface area contributed by atoms with Crippen LogP contribution in [0.4, 0.5) is 0 Å². The third kappa shape index (κ3) is 4.99. The highest BCUT2D eigenvalue weighted by Gasteiger charge is 2.18. The van der Waals surface area contributed by atoms with Crippen LogP contribution in [-0.2, 0) is 13.1 Å². The van der Waals surface area contributed by atoms with Crippen molar-refractivity contribution in [2.75, 3.05) is 0 Å². The Morgan fingerprint density at radius 3 is 1.16 bits per heavy atom. The van der Waals surface area contributed by atoms with Gasteiger partial charge in [0.2, 0.25) is 0 Å². The van der Waals surface area contributed by atoms with Gasteiger partial charge in [-0.25, -0.2) is 9.97 Å². The lowest BCUT2D eigenvalue weighted by atomic mass is 9.93. The summed E-state index contributed by atoms with van der Waals surface area (Å²) in [6.07, 6.45) is 0. The molecular weight excluding hydrogens is 681 g/mol. The van der Waals surface area contributed by atoms with Crippen LogP contribution in [0.1, 0.15) is 13.8 Å². The number of hydrogen-bond acceptors (Lipinski definition) is 2. The molecule has 266 valence electrons. The topological polar surface area (TPSA) is 35.6 Å². The molecular formula is C52H38N4. The summed E-state index contributed by atoms with van der Waals surface area (Å²) >= 11 is 0. The van der Waals surface area contributed by atoms with Gasteiger partial charge in [0.1, 0.15) is 0 Å². The maximum Gasteiger partial charge on any atom is 0.0723 e. The molecule has 0 radical (unpaired) electrons. The molecule has 0 atom stereocenters. The normalized spacial score (nSPS) is 11.9. The standard InChI is InChI=1S/C52H38N4/c1-3-55-49-21-13-11-19-37(49)43-27-35(23-25-51(43)55)45-29-39(33-15-7-5-8-16-33)41-32-48-42(31-47(41)53-45)40(34-17-9-6-10-18-34)30-46(54-48)36-24-26-52-44(28-36)38-20-12-14-22-50(38)56(52)4-2/h5-32H,3-4H2,1-2H3. The lowest BCUT2D eigenvalue weighted by molar-refractivity contribution is 0.827. The quantitative estimate of drug-likeness (QED) is 0.160. The Morgan fingerprint density at radius 2 is 0.732 bits per heavy atom. The number of rotatable bonds is 6. The molecule has 4 aromatic heterocycles. The van der Waals surface area contributed by atoms with Crippen LogP contribution in [0.5, 0.6) is 0 Å². The molecule has 0 aliphatic carbocycles. The van der Waals surface area contributed by atoms with Gasteiger partial charge in [-0.3, -0.25) is 0 Å². The summed E-state index contributed by atoms with van der Waals surface area (Å²) in [7, 11) is 0. The predicted molar refractivity (Wildman–Crippen MR) is 236 cm³/mol. The van der Waals surface area contributed by atoms with Crippen molar-refractivity contribution in [3.8, 4) is 44.8 Å². The summed E-state index contributed by atoms with van der Waals surface area (Å²) in [5.41, 5.74) is 15.6. The summed E-state index contributed by atoms with van der Waals surface area (Å²) in [5, 5.41) is 7.21. The molecule has 0 bridgehead atoms. The first kappa shape index (κ1) is 32.4. The first-order valence-corrected chi connectivity index (χ1v) is 19.6. The molecule has 0 unspecified atom stereocenters. The van der Waals surface area contributed by atoms with E-state index in [0.29, 0.717) is 0 Å². The number of pyridine rings is 2. The van der Waals surface area contributed by atoms with E-state index in [2.05, 4.69) is 193 Å². The van der Waals surface area contributed by atoms with Crippen molar-refractivity contribution in [3.63, 3.8) is 0 Å². The molecule has 56 heavy (non-hydrogen) atoms.